The maximum Gasteiger partial charge on any atom is 0.162 e. The van der Waals surface area contributed by atoms with Gasteiger partial charge in [-0.1, -0.05) is 6.07 Å². The number of ketones is 1. The molecule has 0 amide bonds. The Labute approximate surface area is 99.1 Å². The minimum atomic E-state index is -0.484. The SMILES string of the molecule is CC(=O)c1cc(-c2cnccc2C)ccc1F. The van der Waals surface area contributed by atoms with Gasteiger partial charge in [0.2, 0.25) is 0 Å². The molecular formula is C14H12FNO. The summed E-state index contributed by atoms with van der Waals surface area (Å²) in [6.07, 6.45) is 3.42. The largest absolute Gasteiger partial charge is 0.294 e. The average molecular weight is 229 g/mol. The smallest absolute Gasteiger partial charge is 0.162 e. The number of nitrogens with zero attached hydrogens (tertiary/aromatic N) is 1. The van der Waals surface area contributed by atoms with Crippen molar-refractivity contribution in [2.75, 3.05) is 0 Å². The van der Waals surface area contributed by atoms with Gasteiger partial charge in [0.15, 0.2) is 5.78 Å². The Morgan fingerprint density at radius 1 is 1.29 bits per heavy atom. The van der Waals surface area contributed by atoms with Gasteiger partial charge in [-0.25, -0.2) is 4.39 Å². The number of hydrogen-bond acceptors (Lipinski definition) is 2. The van der Waals surface area contributed by atoms with Crippen molar-refractivity contribution < 1.29 is 9.18 Å². The molecule has 0 bridgehead atoms. The fourth-order valence-electron chi connectivity index (χ4n) is 1.73. The van der Waals surface area contributed by atoms with Crippen LogP contribution in [0.4, 0.5) is 4.39 Å². The molecule has 1 aromatic carbocycles. The second-order valence-electron chi connectivity index (χ2n) is 3.94. The number of hydrogen-bond donors (Lipinski definition) is 0. The standard InChI is InChI=1S/C14H12FNO/c1-9-5-6-16-8-13(9)11-3-4-14(15)12(7-11)10(2)17/h3-8H,1-2H3. The lowest BCUT2D eigenvalue weighted by Crippen LogP contribution is -1.97. The molecule has 0 aliphatic carbocycles. The lowest BCUT2D eigenvalue weighted by molar-refractivity contribution is 0.101. The highest BCUT2D eigenvalue weighted by atomic mass is 19.1. The molecule has 0 saturated carbocycles. The molecule has 0 fully saturated rings. The summed E-state index contributed by atoms with van der Waals surface area (Å²) in [6.45, 7) is 3.31. The number of aryl methyl sites for hydroxylation is 1. The summed E-state index contributed by atoms with van der Waals surface area (Å²) in [5, 5.41) is 0. The second kappa shape index (κ2) is 4.45. The molecule has 0 atom stereocenters. The normalized spacial score (nSPS) is 10.3. The van der Waals surface area contributed by atoms with Crippen LogP contribution in [0.15, 0.2) is 36.7 Å². The van der Waals surface area contributed by atoms with Gasteiger partial charge in [0.1, 0.15) is 5.82 Å². The first-order valence-electron chi connectivity index (χ1n) is 5.31. The van der Waals surface area contributed by atoms with Crippen molar-refractivity contribution in [1.29, 1.82) is 0 Å². The van der Waals surface area contributed by atoms with Gasteiger partial charge in [0.25, 0.3) is 0 Å². The zero-order valence-corrected chi connectivity index (χ0v) is 9.70. The van der Waals surface area contributed by atoms with Crippen molar-refractivity contribution in [2.24, 2.45) is 0 Å². The van der Waals surface area contributed by atoms with Crippen LogP contribution in [0.2, 0.25) is 0 Å². The molecule has 17 heavy (non-hydrogen) atoms. The average Bonchev–Trinajstić information content (AvgIpc) is 2.30. The van der Waals surface area contributed by atoms with Gasteiger partial charge in [0, 0.05) is 18.0 Å². The molecule has 2 nitrogen and oxygen atoms in total. The van der Waals surface area contributed by atoms with Crippen LogP contribution < -0.4 is 0 Å². The molecule has 2 rings (SSSR count). The number of halogens is 1. The van der Waals surface area contributed by atoms with Crippen molar-refractivity contribution in [1.82, 2.24) is 4.98 Å². The van der Waals surface area contributed by atoms with Crippen molar-refractivity contribution in [2.45, 2.75) is 13.8 Å². The fourth-order valence-corrected chi connectivity index (χ4v) is 1.73. The van der Waals surface area contributed by atoms with Crippen LogP contribution in [-0.2, 0) is 0 Å². The Morgan fingerprint density at radius 3 is 2.71 bits per heavy atom. The van der Waals surface area contributed by atoms with Crippen molar-refractivity contribution in [3.63, 3.8) is 0 Å². The predicted molar refractivity (Wildman–Crippen MR) is 64.4 cm³/mol. The monoisotopic (exact) mass is 229 g/mol. The number of carbonyl (C=O) groups excluding carboxylic acids is 1. The van der Waals surface area contributed by atoms with E-state index in [0.29, 0.717) is 0 Å². The summed E-state index contributed by atoms with van der Waals surface area (Å²) in [5.41, 5.74) is 2.88. The number of pyridine rings is 1. The second-order valence-corrected chi connectivity index (χ2v) is 3.94. The zero-order valence-electron chi connectivity index (χ0n) is 9.70. The summed E-state index contributed by atoms with van der Waals surface area (Å²) < 4.78 is 13.4. The molecular weight excluding hydrogens is 217 g/mol. The number of benzene rings is 1. The van der Waals surface area contributed by atoms with Crippen LogP contribution in [0.25, 0.3) is 11.1 Å². The van der Waals surface area contributed by atoms with E-state index in [1.807, 2.05) is 13.0 Å². The Kier molecular flexibility index (Phi) is 3.00. The first-order valence-corrected chi connectivity index (χ1v) is 5.31. The maximum absolute atomic E-state index is 13.4. The summed E-state index contributed by atoms with van der Waals surface area (Å²) in [5.74, 6) is -0.756. The van der Waals surface area contributed by atoms with Crippen LogP contribution in [0.1, 0.15) is 22.8 Å². The van der Waals surface area contributed by atoms with Crippen molar-refractivity contribution in [3.05, 3.63) is 53.6 Å². The quantitative estimate of drug-likeness (QED) is 0.739. The van der Waals surface area contributed by atoms with Gasteiger partial charge in [-0.15, -0.1) is 0 Å². The summed E-state index contributed by atoms with van der Waals surface area (Å²) in [6, 6.07) is 6.43. The lowest BCUT2D eigenvalue weighted by Gasteiger charge is -2.07. The molecule has 1 aromatic heterocycles. The molecule has 1 heterocycles. The highest BCUT2D eigenvalue weighted by Gasteiger charge is 2.10. The Balaban J connectivity index is 2.58. The molecule has 3 heteroatoms. The van der Waals surface area contributed by atoms with E-state index in [1.54, 1.807) is 24.5 Å². The van der Waals surface area contributed by atoms with Gasteiger partial charge in [-0.2, -0.15) is 0 Å². The Hall–Kier alpha value is -2.03. The molecule has 0 unspecified atom stereocenters. The molecule has 0 saturated heterocycles. The third-order valence-corrected chi connectivity index (χ3v) is 2.70. The van der Waals surface area contributed by atoms with Gasteiger partial charge in [-0.05, 0) is 43.2 Å². The Bertz CT molecular complexity index is 578. The molecule has 0 aliphatic heterocycles. The molecule has 0 spiro atoms. The highest BCUT2D eigenvalue weighted by molar-refractivity contribution is 5.95. The topological polar surface area (TPSA) is 30.0 Å². The molecule has 2 aromatic rings. The summed E-state index contributed by atoms with van der Waals surface area (Å²) in [4.78, 5) is 15.3. The van der Waals surface area contributed by atoms with Gasteiger partial charge in [-0.3, -0.25) is 9.78 Å². The van der Waals surface area contributed by atoms with E-state index in [1.165, 1.54) is 13.0 Å². The number of Topliss-reactive ketones (excluding diaryl/α,β-unsaturated/α-hetero) is 1. The number of aromatic nitrogens is 1. The molecule has 86 valence electrons. The van der Waals surface area contributed by atoms with E-state index in [9.17, 15) is 9.18 Å². The first-order chi connectivity index (χ1) is 8.09. The third-order valence-electron chi connectivity index (χ3n) is 2.70. The van der Waals surface area contributed by atoms with Crippen LogP contribution in [0.5, 0.6) is 0 Å². The summed E-state index contributed by atoms with van der Waals surface area (Å²) in [7, 11) is 0. The van der Waals surface area contributed by atoms with Crippen LogP contribution in [0.3, 0.4) is 0 Å². The Morgan fingerprint density at radius 2 is 2.06 bits per heavy atom. The summed E-state index contributed by atoms with van der Waals surface area (Å²) >= 11 is 0. The van der Waals surface area contributed by atoms with Crippen molar-refractivity contribution in [3.8, 4) is 11.1 Å². The third kappa shape index (κ3) is 2.23. The maximum atomic E-state index is 13.4. The minimum absolute atomic E-state index is 0.116. The number of rotatable bonds is 2. The zero-order chi connectivity index (χ0) is 12.4. The van der Waals surface area contributed by atoms with Crippen molar-refractivity contribution >= 4 is 5.78 Å². The van der Waals surface area contributed by atoms with E-state index in [0.717, 1.165) is 16.7 Å². The lowest BCUT2D eigenvalue weighted by atomic mass is 9.99. The predicted octanol–water partition coefficient (Wildman–Crippen LogP) is 3.40. The molecule has 0 aliphatic rings. The fraction of sp³-hybridized carbons (Fsp3) is 0.143. The van der Waals surface area contributed by atoms with Gasteiger partial charge >= 0.3 is 0 Å². The van der Waals surface area contributed by atoms with Gasteiger partial charge in [0.05, 0.1) is 5.56 Å². The minimum Gasteiger partial charge on any atom is -0.294 e. The van der Waals surface area contributed by atoms with Crippen LogP contribution >= 0.6 is 0 Å². The first kappa shape index (κ1) is 11.5. The molecule has 0 radical (unpaired) electrons. The van der Waals surface area contributed by atoms with Crippen LogP contribution in [-0.4, -0.2) is 10.8 Å². The van der Waals surface area contributed by atoms with E-state index in [2.05, 4.69) is 4.98 Å². The van der Waals surface area contributed by atoms with Crippen LogP contribution in [0, 0.1) is 12.7 Å². The van der Waals surface area contributed by atoms with E-state index >= 15 is 0 Å². The van der Waals surface area contributed by atoms with E-state index in [-0.39, 0.29) is 11.3 Å². The number of carbonyl (C=O) groups is 1. The highest BCUT2D eigenvalue weighted by Crippen LogP contribution is 2.24. The van der Waals surface area contributed by atoms with Gasteiger partial charge < -0.3 is 0 Å². The van der Waals surface area contributed by atoms with E-state index < -0.39 is 5.82 Å². The van der Waals surface area contributed by atoms with E-state index in [4.69, 9.17) is 0 Å². The molecule has 0 N–H and O–H groups in total.